The molecule has 0 radical (unpaired) electrons. The summed E-state index contributed by atoms with van der Waals surface area (Å²) in [7, 11) is 0. The summed E-state index contributed by atoms with van der Waals surface area (Å²) in [5, 5.41) is 0. The van der Waals surface area contributed by atoms with Gasteiger partial charge in [-0.25, -0.2) is 0 Å². The molecule has 0 saturated heterocycles. The van der Waals surface area contributed by atoms with Gasteiger partial charge in [-0.3, -0.25) is 4.79 Å². The Hall–Kier alpha value is -0.330. The van der Waals surface area contributed by atoms with Crippen LogP contribution in [-0.2, 0) is 4.79 Å². The van der Waals surface area contributed by atoms with Gasteiger partial charge in [-0.15, -0.1) is 0 Å². The van der Waals surface area contributed by atoms with Crippen LogP contribution in [-0.4, -0.2) is 5.78 Å². The molecule has 3 atom stereocenters. The van der Waals surface area contributed by atoms with Crippen molar-refractivity contribution in [2.45, 2.75) is 51.4 Å². The molecule has 0 aromatic carbocycles. The van der Waals surface area contributed by atoms with Crippen LogP contribution in [0.5, 0.6) is 0 Å². The van der Waals surface area contributed by atoms with E-state index in [9.17, 15) is 4.79 Å². The maximum Gasteiger partial charge on any atom is 0.139 e. The molecule has 0 aromatic heterocycles. The van der Waals surface area contributed by atoms with Crippen molar-refractivity contribution in [3.63, 3.8) is 0 Å². The lowest BCUT2D eigenvalue weighted by atomic mass is 9.63. The minimum absolute atomic E-state index is 0.209. The van der Waals surface area contributed by atoms with Crippen LogP contribution in [0.2, 0.25) is 0 Å². The van der Waals surface area contributed by atoms with E-state index in [1.54, 1.807) is 0 Å². The van der Waals surface area contributed by atoms with Gasteiger partial charge in [0.2, 0.25) is 0 Å². The molecular weight excluding hydrogens is 160 g/mol. The van der Waals surface area contributed by atoms with Crippen LogP contribution in [0.1, 0.15) is 51.4 Å². The second-order valence-corrected chi connectivity index (χ2v) is 5.37. The van der Waals surface area contributed by atoms with Crippen molar-refractivity contribution in [2.75, 3.05) is 0 Å². The second-order valence-electron chi connectivity index (χ2n) is 5.37. The fourth-order valence-corrected chi connectivity index (χ4v) is 4.26. The Bertz CT molecular complexity index is 246. The second kappa shape index (κ2) is 2.59. The van der Waals surface area contributed by atoms with Gasteiger partial charge >= 0.3 is 0 Å². The molecule has 0 unspecified atom stereocenters. The van der Waals surface area contributed by atoms with Crippen molar-refractivity contribution in [3.05, 3.63) is 0 Å². The minimum atomic E-state index is 0.209. The van der Waals surface area contributed by atoms with Crippen molar-refractivity contribution < 1.29 is 4.79 Å². The first kappa shape index (κ1) is 8.02. The van der Waals surface area contributed by atoms with E-state index in [1.165, 1.54) is 44.9 Å². The number of rotatable bonds is 0. The first-order valence-electron chi connectivity index (χ1n) is 5.84. The van der Waals surface area contributed by atoms with Crippen LogP contribution in [0, 0.1) is 17.3 Å². The van der Waals surface area contributed by atoms with Crippen LogP contribution < -0.4 is 0 Å². The molecule has 3 rings (SSSR count). The van der Waals surface area contributed by atoms with E-state index < -0.39 is 0 Å². The van der Waals surface area contributed by atoms with E-state index in [4.69, 9.17) is 0 Å². The third kappa shape index (κ3) is 0.963. The van der Waals surface area contributed by atoms with Crippen LogP contribution in [0.4, 0.5) is 0 Å². The molecule has 0 aromatic rings. The molecule has 72 valence electrons. The molecule has 0 amide bonds. The first-order chi connectivity index (χ1) is 6.31. The summed E-state index contributed by atoms with van der Waals surface area (Å²) in [5.41, 5.74) is 0.209. The number of carbonyl (C=O) groups is 1. The van der Waals surface area contributed by atoms with Crippen molar-refractivity contribution in [3.8, 4) is 0 Å². The zero-order chi connectivity index (χ0) is 8.89. The van der Waals surface area contributed by atoms with Crippen LogP contribution in [0.25, 0.3) is 0 Å². The van der Waals surface area contributed by atoms with E-state index in [1.807, 2.05) is 0 Å². The van der Waals surface area contributed by atoms with Crippen LogP contribution in [0.15, 0.2) is 0 Å². The molecule has 0 N–H and O–H groups in total. The lowest BCUT2D eigenvalue weighted by Crippen LogP contribution is -2.39. The summed E-state index contributed by atoms with van der Waals surface area (Å²) in [6.45, 7) is 0. The molecule has 3 fully saturated rings. The highest BCUT2D eigenvalue weighted by molar-refractivity contribution is 5.86. The number of carbonyl (C=O) groups excluding carboxylic acids is 1. The summed E-state index contributed by atoms with van der Waals surface area (Å²) in [6, 6.07) is 0. The topological polar surface area (TPSA) is 17.1 Å². The summed E-state index contributed by atoms with van der Waals surface area (Å²) < 4.78 is 0. The predicted octanol–water partition coefficient (Wildman–Crippen LogP) is 2.94. The molecule has 3 aliphatic carbocycles. The number of hydrogen-bond donors (Lipinski definition) is 0. The van der Waals surface area contributed by atoms with Crippen molar-refractivity contribution in [2.24, 2.45) is 17.3 Å². The highest BCUT2D eigenvalue weighted by Crippen LogP contribution is 2.59. The molecule has 0 aliphatic heterocycles. The first-order valence-corrected chi connectivity index (χ1v) is 5.84. The Kier molecular flexibility index (Phi) is 1.59. The quantitative estimate of drug-likeness (QED) is 0.557. The van der Waals surface area contributed by atoms with E-state index in [0.29, 0.717) is 5.78 Å². The molecule has 1 nitrogen and oxygen atoms in total. The molecule has 1 spiro atoms. The average Bonchev–Trinajstić information content (AvgIpc) is 2.39. The highest BCUT2D eigenvalue weighted by atomic mass is 16.1. The summed E-state index contributed by atoms with van der Waals surface area (Å²) >= 11 is 0. The summed E-state index contributed by atoms with van der Waals surface area (Å²) in [5.74, 6) is 2.34. The zero-order valence-corrected chi connectivity index (χ0v) is 8.22. The molecule has 1 heteroatoms. The van der Waals surface area contributed by atoms with Crippen molar-refractivity contribution in [1.29, 1.82) is 0 Å². The molecule has 13 heavy (non-hydrogen) atoms. The van der Waals surface area contributed by atoms with Gasteiger partial charge < -0.3 is 0 Å². The van der Waals surface area contributed by atoms with Crippen LogP contribution >= 0.6 is 0 Å². The fraction of sp³-hybridized carbons (Fsp3) is 0.917. The third-order valence-electron chi connectivity index (χ3n) is 4.80. The number of ketones is 1. The van der Waals surface area contributed by atoms with Gasteiger partial charge in [0.25, 0.3) is 0 Å². The molecule has 2 bridgehead atoms. The monoisotopic (exact) mass is 178 g/mol. The van der Waals surface area contributed by atoms with E-state index >= 15 is 0 Å². The summed E-state index contributed by atoms with van der Waals surface area (Å²) in [6.07, 6.45) is 10.0. The Balaban J connectivity index is 1.97. The number of hydrogen-bond acceptors (Lipinski definition) is 1. The third-order valence-corrected chi connectivity index (χ3v) is 4.80. The summed E-state index contributed by atoms with van der Waals surface area (Å²) in [4.78, 5) is 12.0. The largest absolute Gasteiger partial charge is 0.299 e. The molecule has 0 heterocycles. The van der Waals surface area contributed by atoms with Crippen LogP contribution in [0.3, 0.4) is 0 Å². The van der Waals surface area contributed by atoms with E-state index in [-0.39, 0.29) is 5.41 Å². The Labute approximate surface area is 79.9 Å². The lowest BCUT2D eigenvalue weighted by molar-refractivity contribution is -0.135. The number of Topliss-reactive ketones (excluding diaryl/α,β-unsaturated/α-hetero) is 1. The SMILES string of the molecule is O=C1CCC[C@H]2C[C@@H]3CCC[C@]12C3. The predicted molar refractivity (Wildman–Crippen MR) is 51.4 cm³/mol. The van der Waals surface area contributed by atoms with E-state index in [2.05, 4.69) is 0 Å². The van der Waals surface area contributed by atoms with Crippen molar-refractivity contribution >= 4 is 5.78 Å². The maximum atomic E-state index is 12.0. The van der Waals surface area contributed by atoms with Gasteiger partial charge in [-0.2, -0.15) is 0 Å². The van der Waals surface area contributed by atoms with Gasteiger partial charge in [-0.05, 0) is 43.9 Å². The number of fused-ring (bicyclic) bond motifs is 1. The molecular formula is C12H18O. The van der Waals surface area contributed by atoms with Gasteiger partial charge in [0.05, 0.1) is 0 Å². The fourth-order valence-electron chi connectivity index (χ4n) is 4.26. The molecule has 3 aliphatic rings. The van der Waals surface area contributed by atoms with Crippen molar-refractivity contribution in [1.82, 2.24) is 0 Å². The maximum absolute atomic E-state index is 12.0. The molecule has 3 saturated carbocycles. The Morgan fingerprint density at radius 3 is 3.08 bits per heavy atom. The lowest BCUT2D eigenvalue weighted by Gasteiger charge is -2.39. The van der Waals surface area contributed by atoms with Gasteiger partial charge in [-0.1, -0.05) is 12.8 Å². The standard InChI is InChI=1S/C12H18O/c13-11-5-1-4-10-7-9-3-2-6-12(10,11)8-9/h9-10H,1-8H2/t9-,10-,12+/m0/s1. The normalized spacial score (nSPS) is 49.1. The highest BCUT2D eigenvalue weighted by Gasteiger charge is 2.54. The Morgan fingerprint density at radius 2 is 2.15 bits per heavy atom. The van der Waals surface area contributed by atoms with Gasteiger partial charge in [0.1, 0.15) is 5.78 Å². The Morgan fingerprint density at radius 1 is 1.23 bits per heavy atom. The van der Waals surface area contributed by atoms with Gasteiger partial charge in [0, 0.05) is 11.8 Å². The van der Waals surface area contributed by atoms with E-state index in [0.717, 1.165) is 18.3 Å². The minimum Gasteiger partial charge on any atom is -0.299 e. The smallest absolute Gasteiger partial charge is 0.139 e. The average molecular weight is 178 g/mol. The van der Waals surface area contributed by atoms with Gasteiger partial charge in [0.15, 0.2) is 0 Å². The zero-order valence-electron chi connectivity index (χ0n) is 8.22.